The summed E-state index contributed by atoms with van der Waals surface area (Å²) in [5.41, 5.74) is -0.961. The number of carbonyl (C=O) groups excluding carboxylic acids is 3. The van der Waals surface area contributed by atoms with Crippen LogP contribution >= 0.6 is 0 Å². The second kappa shape index (κ2) is 7.42. The Kier molecular flexibility index (Phi) is 5.49. The molecule has 0 aromatic rings. The second-order valence-electron chi connectivity index (χ2n) is 8.22. The van der Waals surface area contributed by atoms with Crippen molar-refractivity contribution < 1.29 is 39.2 Å². The minimum Gasteiger partial charge on any atom is -0.458 e. The first-order valence-corrected chi connectivity index (χ1v) is 9.37. The topological polar surface area (TPSA) is 130 Å². The molecule has 28 heavy (non-hydrogen) atoms. The van der Waals surface area contributed by atoms with Crippen molar-refractivity contribution in [2.45, 2.75) is 50.6 Å². The molecule has 3 N–H and O–H groups in total. The highest BCUT2D eigenvalue weighted by Crippen LogP contribution is 2.58. The van der Waals surface area contributed by atoms with Gasteiger partial charge in [0.25, 0.3) is 0 Å². The average Bonchev–Trinajstić information content (AvgIpc) is 2.96. The molecule has 3 fully saturated rings. The molecule has 3 aliphatic rings. The minimum atomic E-state index is -1.46. The van der Waals surface area contributed by atoms with E-state index < -0.39 is 60.2 Å². The fraction of sp³-hybridized carbons (Fsp3) is 0.650. The Morgan fingerprint density at radius 1 is 1.46 bits per heavy atom. The molecule has 8 atom stereocenters. The van der Waals surface area contributed by atoms with Crippen LogP contribution in [0.3, 0.4) is 0 Å². The predicted octanol–water partition coefficient (Wildman–Crippen LogP) is -0.0986. The highest BCUT2D eigenvalue weighted by Gasteiger charge is 2.63. The maximum atomic E-state index is 12.4. The molecular formula is C20H26O8. The molecule has 0 radical (unpaired) electrons. The van der Waals surface area contributed by atoms with E-state index in [2.05, 4.69) is 13.2 Å². The van der Waals surface area contributed by atoms with Crippen LogP contribution in [0.1, 0.15) is 26.2 Å². The van der Waals surface area contributed by atoms with E-state index in [0.29, 0.717) is 12.8 Å². The summed E-state index contributed by atoms with van der Waals surface area (Å²) in [6.45, 7) is 8.35. The Labute approximate surface area is 162 Å². The van der Waals surface area contributed by atoms with Crippen LogP contribution in [0.15, 0.2) is 24.3 Å². The van der Waals surface area contributed by atoms with Crippen molar-refractivity contribution in [1.82, 2.24) is 0 Å². The third-order valence-corrected chi connectivity index (χ3v) is 6.69. The van der Waals surface area contributed by atoms with Crippen molar-refractivity contribution >= 4 is 18.2 Å². The Morgan fingerprint density at radius 3 is 2.75 bits per heavy atom. The number of carbonyl (C=O) groups is 3. The van der Waals surface area contributed by atoms with Gasteiger partial charge in [0.2, 0.25) is 0 Å². The molecular weight excluding hydrogens is 368 g/mol. The lowest BCUT2D eigenvalue weighted by atomic mass is 9.51. The monoisotopic (exact) mass is 394 g/mol. The van der Waals surface area contributed by atoms with Gasteiger partial charge >= 0.3 is 11.9 Å². The molecule has 0 spiro atoms. The fourth-order valence-corrected chi connectivity index (χ4v) is 5.09. The van der Waals surface area contributed by atoms with E-state index in [1.807, 2.05) is 0 Å². The van der Waals surface area contributed by atoms with Gasteiger partial charge in [0.05, 0.1) is 24.2 Å². The number of aldehydes is 1. The maximum absolute atomic E-state index is 12.4. The van der Waals surface area contributed by atoms with Crippen molar-refractivity contribution in [3.63, 3.8) is 0 Å². The van der Waals surface area contributed by atoms with E-state index >= 15 is 0 Å². The van der Waals surface area contributed by atoms with Crippen molar-refractivity contribution in [2.75, 3.05) is 6.61 Å². The number of hydrogen-bond donors (Lipinski definition) is 3. The predicted molar refractivity (Wildman–Crippen MR) is 95.6 cm³/mol. The second-order valence-corrected chi connectivity index (χ2v) is 8.22. The molecule has 3 rings (SSSR count). The molecule has 0 amide bonds. The van der Waals surface area contributed by atoms with Crippen molar-refractivity contribution in [1.29, 1.82) is 0 Å². The zero-order chi connectivity index (χ0) is 20.8. The average molecular weight is 394 g/mol. The first-order chi connectivity index (χ1) is 13.2. The quantitative estimate of drug-likeness (QED) is 0.335. The lowest BCUT2D eigenvalue weighted by Crippen LogP contribution is -2.60. The molecule has 2 aliphatic carbocycles. The van der Waals surface area contributed by atoms with Gasteiger partial charge in [0.1, 0.15) is 24.6 Å². The molecule has 2 saturated carbocycles. The summed E-state index contributed by atoms with van der Waals surface area (Å²) >= 11 is 0. The van der Waals surface area contributed by atoms with Gasteiger partial charge in [-0.25, -0.2) is 9.59 Å². The number of fused-ring (bicyclic) bond motifs is 3. The molecule has 1 saturated heterocycles. The summed E-state index contributed by atoms with van der Waals surface area (Å²) in [5, 5.41) is 29.3. The summed E-state index contributed by atoms with van der Waals surface area (Å²) in [7, 11) is 0. The van der Waals surface area contributed by atoms with Crippen LogP contribution in [-0.2, 0) is 23.9 Å². The Balaban J connectivity index is 1.95. The van der Waals surface area contributed by atoms with Gasteiger partial charge in [-0.15, -0.1) is 0 Å². The molecule has 0 aromatic heterocycles. The van der Waals surface area contributed by atoms with E-state index in [0.717, 1.165) is 6.29 Å². The zero-order valence-electron chi connectivity index (χ0n) is 15.7. The number of aliphatic hydroxyl groups excluding tert-OH is 3. The van der Waals surface area contributed by atoms with E-state index in [1.165, 1.54) is 0 Å². The van der Waals surface area contributed by atoms with Crippen LogP contribution in [0.5, 0.6) is 0 Å². The SMILES string of the molecule is C=C1C(=O)O[C@H]2[C@H]1[C@@H](OC(=O)C(=C)[C@H](O)CO)C[C@]1(C)[C@@H]2[C@H](C=O)CC[C@H]1O. The lowest BCUT2D eigenvalue weighted by Gasteiger charge is -2.55. The first kappa shape index (κ1) is 20.7. The van der Waals surface area contributed by atoms with Crippen molar-refractivity contribution in [3.05, 3.63) is 24.3 Å². The fourth-order valence-electron chi connectivity index (χ4n) is 5.09. The Bertz CT molecular complexity index is 715. The van der Waals surface area contributed by atoms with E-state index in [4.69, 9.17) is 14.6 Å². The summed E-state index contributed by atoms with van der Waals surface area (Å²) in [6, 6.07) is 0. The zero-order valence-corrected chi connectivity index (χ0v) is 15.7. The molecule has 0 aromatic carbocycles. The van der Waals surface area contributed by atoms with Gasteiger partial charge in [-0.3, -0.25) is 0 Å². The van der Waals surface area contributed by atoms with Crippen LogP contribution in [0.2, 0.25) is 0 Å². The number of ether oxygens (including phenoxy) is 2. The number of esters is 2. The molecule has 154 valence electrons. The van der Waals surface area contributed by atoms with Gasteiger partial charge in [0, 0.05) is 22.8 Å². The number of rotatable bonds is 5. The van der Waals surface area contributed by atoms with Gasteiger partial charge in [-0.05, 0) is 19.3 Å². The van der Waals surface area contributed by atoms with Crippen LogP contribution in [0.25, 0.3) is 0 Å². The molecule has 8 heteroatoms. The van der Waals surface area contributed by atoms with Crippen LogP contribution in [-0.4, -0.2) is 64.6 Å². The van der Waals surface area contributed by atoms with Crippen LogP contribution < -0.4 is 0 Å². The lowest BCUT2D eigenvalue weighted by molar-refractivity contribution is -0.195. The van der Waals surface area contributed by atoms with Crippen LogP contribution in [0.4, 0.5) is 0 Å². The Hall–Kier alpha value is -2.03. The minimum absolute atomic E-state index is 0.155. The summed E-state index contributed by atoms with van der Waals surface area (Å²) < 4.78 is 11.1. The smallest absolute Gasteiger partial charge is 0.336 e. The van der Waals surface area contributed by atoms with Gasteiger partial charge in [-0.1, -0.05) is 20.1 Å². The van der Waals surface area contributed by atoms with Crippen molar-refractivity contribution in [3.8, 4) is 0 Å². The highest BCUT2D eigenvalue weighted by molar-refractivity contribution is 5.92. The van der Waals surface area contributed by atoms with Gasteiger partial charge < -0.3 is 29.6 Å². The summed E-state index contributed by atoms with van der Waals surface area (Å²) in [4.78, 5) is 36.3. The molecule has 0 bridgehead atoms. The highest BCUT2D eigenvalue weighted by atomic mass is 16.6. The van der Waals surface area contributed by atoms with Gasteiger partial charge in [0.15, 0.2) is 0 Å². The van der Waals surface area contributed by atoms with Gasteiger partial charge in [-0.2, -0.15) is 0 Å². The molecule has 0 unspecified atom stereocenters. The molecule has 8 nitrogen and oxygen atoms in total. The van der Waals surface area contributed by atoms with Crippen LogP contribution in [0, 0.1) is 23.2 Å². The third-order valence-electron chi connectivity index (χ3n) is 6.69. The van der Waals surface area contributed by atoms with E-state index in [1.54, 1.807) is 6.92 Å². The summed E-state index contributed by atoms with van der Waals surface area (Å²) in [5.74, 6) is -2.97. The third kappa shape index (κ3) is 3.09. The molecule has 1 aliphatic heterocycles. The Morgan fingerprint density at radius 2 is 2.14 bits per heavy atom. The standard InChI is InChI=1S/C20H26O8/c1-9(12(23)8-22)18(25)27-13-6-20(3)14(24)5-4-11(7-21)16(20)17-15(13)10(2)19(26)28-17/h7,11-17,22-24H,1-2,4-6,8H2,3H3/t11-,12+,13-,14+,15+,16+,17-,20-/m0/s1. The largest absolute Gasteiger partial charge is 0.458 e. The maximum Gasteiger partial charge on any atom is 0.336 e. The first-order valence-electron chi connectivity index (χ1n) is 9.37. The van der Waals surface area contributed by atoms with E-state index in [9.17, 15) is 24.6 Å². The van der Waals surface area contributed by atoms with E-state index in [-0.39, 0.29) is 23.5 Å². The number of aliphatic hydroxyl groups is 3. The summed E-state index contributed by atoms with van der Waals surface area (Å²) in [6.07, 6.45) is -1.85. The molecule has 1 heterocycles. The number of hydrogen-bond acceptors (Lipinski definition) is 8. The van der Waals surface area contributed by atoms with Crippen molar-refractivity contribution in [2.24, 2.45) is 23.2 Å². The normalized spacial score (nSPS) is 40.7.